The first-order valence-corrected chi connectivity index (χ1v) is 8.92. The lowest BCUT2D eigenvalue weighted by molar-refractivity contribution is -0.131. The average molecular weight is 318 g/mol. The van der Waals surface area contributed by atoms with E-state index >= 15 is 0 Å². The van der Waals surface area contributed by atoms with Gasteiger partial charge in [-0.25, -0.2) is 4.79 Å². The van der Waals surface area contributed by atoms with Crippen LogP contribution in [0.1, 0.15) is 64.7 Å². The van der Waals surface area contributed by atoms with Crippen LogP contribution in [-0.4, -0.2) is 16.9 Å². The molecule has 1 saturated carbocycles. The molecule has 3 heteroatoms. The van der Waals surface area contributed by atoms with Gasteiger partial charge in [-0.3, -0.25) is 4.79 Å². The Morgan fingerprint density at radius 2 is 1.78 bits per heavy atom. The van der Waals surface area contributed by atoms with Gasteiger partial charge in [0, 0.05) is 18.4 Å². The first kappa shape index (κ1) is 19.4. The normalized spacial score (nSPS) is 22.0. The van der Waals surface area contributed by atoms with Crippen molar-refractivity contribution in [2.24, 2.45) is 11.8 Å². The van der Waals surface area contributed by atoms with Gasteiger partial charge in [0.15, 0.2) is 0 Å². The number of hydrogen-bond donors (Lipinski definition) is 1. The molecule has 1 aliphatic carbocycles. The lowest BCUT2D eigenvalue weighted by Gasteiger charge is -2.14. The van der Waals surface area contributed by atoms with Crippen LogP contribution in [-0.2, 0) is 9.59 Å². The summed E-state index contributed by atoms with van der Waals surface area (Å²) >= 11 is 0. The van der Waals surface area contributed by atoms with Gasteiger partial charge in [0.2, 0.25) is 0 Å². The van der Waals surface area contributed by atoms with Gasteiger partial charge in [-0.15, -0.1) is 0 Å². The summed E-state index contributed by atoms with van der Waals surface area (Å²) in [6.07, 6.45) is 20.4. The number of carbonyl (C=O) groups is 2. The molecule has 0 amide bonds. The second kappa shape index (κ2) is 11.9. The molecule has 0 aromatic carbocycles. The van der Waals surface area contributed by atoms with Gasteiger partial charge in [0.25, 0.3) is 0 Å². The maximum absolute atomic E-state index is 12.0. The molecule has 0 aromatic heterocycles. The molecule has 0 aromatic rings. The Hall–Kier alpha value is -1.64. The van der Waals surface area contributed by atoms with Crippen LogP contribution in [0.5, 0.6) is 0 Å². The van der Waals surface area contributed by atoms with E-state index in [0.717, 1.165) is 25.3 Å². The molecule has 0 unspecified atom stereocenters. The number of Topliss-reactive ketones (excluding diaryl/α,β-unsaturated/α-hetero) is 1. The van der Waals surface area contributed by atoms with Crippen molar-refractivity contribution in [3.8, 4) is 0 Å². The van der Waals surface area contributed by atoms with E-state index in [1.165, 1.54) is 38.2 Å². The Labute approximate surface area is 140 Å². The summed E-state index contributed by atoms with van der Waals surface area (Å²) in [5, 5.41) is 8.48. The van der Waals surface area contributed by atoms with Gasteiger partial charge in [-0.1, -0.05) is 75.8 Å². The fourth-order valence-corrected chi connectivity index (χ4v) is 3.16. The summed E-state index contributed by atoms with van der Waals surface area (Å²) in [6, 6.07) is 0. The number of hydrogen-bond acceptors (Lipinski definition) is 2. The summed E-state index contributed by atoms with van der Waals surface area (Å²) in [6.45, 7) is 2.22. The number of carboxylic acids is 1. The minimum Gasteiger partial charge on any atom is -0.478 e. The maximum atomic E-state index is 12.0. The van der Waals surface area contributed by atoms with Crippen molar-refractivity contribution in [3.63, 3.8) is 0 Å². The van der Waals surface area contributed by atoms with Gasteiger partial charge in [0.1, 0.15) is 5.78 Å². The second-order valence-electron chi connectivity index (χ2n) is 6.30. The highest BCUT2D eigenvalue weighted by molar-refractivity contribution is 5.83. The van der Waals surface area contributed by atoms with Gasteiger partial charge < -0.3 is 5.11 Å². The zero-order valence-electron chi connectivity index (χ0n) is 14.2. The minimum atomic E-state index is -0.945. The summed E-state index contributed by atoms with van der Waals surface area (Å²) < 4.78 is 0. The van der Waals surface area contributed by atoms with Crippen LogP contribution >= 0.6 is 0 Å². The van der Waals surface area contributed by atoms with Crippen molar-refractivity contribution in [1.29, 1.82) is 0 Å². The number of ketones is 1. The van der Waals surface area contributed by atoms with Gasteiger partial charge >= 0.3 is 5.97 Å². The highest BCUT2D eigenvalue weighted by Crippen LogP contribution is 2.33. The Bertz CT molecular complexity index is 446. The minimum absolute atomic E-state index is 0.195. The molecular formula is C20H30O3. The van der Waals surface area contributed by atoms with Crippen LogP contribution in [0.2, 0.25) is 0 Å². The van der Waals surface area contributed by atoms with E-state index < -0.39 is 5.97 Å². The molecular weight excluding hydrogens is 288 g/mol. The van der Waals surface area contributed by atoms with E-state index in [-0.39, 0.29) is 5.92 Å². The number of aliphatic carboxylic acids is 1. The second-order valence-corrected chi connectivity index (χ2v) is 6.30. The summed E-state index contributed by atoms with van der Waals surface area (Å²) in [4.78, 5) is 22.4. The topological polar surface area (TPSA) is 54.4 Å². The Morgan fingerprint density at radius 3 is 2.52 bits per heavy atom. The molecule has 23 heavy (non-hydrogen) atoms. The van der Waals surface area contributed by atoms with E-state index in [1.54, 1.807) is 6.08 Å². The molecule has 1 fully saturated rings. The molecule has 3 nitrogen and oxygen atoms in total. The lowest BCUT2D eigenvalue weighted by Crippen LogP contribution is -2.13. The van der Waals surface area contributed by atoms with Crippen molar-refractivity contribution < 1.29 is 14.7 Å². The Morgan fingerprint density at radius 1 is 1.09 bits per heavy atom. The van der Waals surface area contributed by atoms with Crippen molar-refractivity contribution in [2.75, 3.05) is 0 Å². The van der Waals surface area contributed by atoms with Crippen LogP contribution in [0.3, 0.4) is 0 Å². The third-order valence-corrected chi connectivity index (χ3v) is 4.45. The monoisotopic (exact) mass is 318 g/mol. The standard InChI is InChI=1S/C20H30O3/c1-2-3-4-5-6-10-13-18-17(15-16-19(18)21)12-9-7-8-11-14-20(22)23/h7-9,11-12,14,17-18H,2-6,10,13,15-16H2,1H3,(H,22,23)/t17-,18+/m0/s1. The van der Waals surface area contributed by atoms with E-state index in [4.69, 9.17) is 5.11 Å². The van der Waals surface area contributed by atoms with Crippen LogP contribution in [0.15, 0.2) is 36.5 Å². The summed E-state index contributed by atoms with van der Waals surface area (Å²) in [7, 11) is 0. The Balaban J connectivity index is 2.33. The molecule has 0 bridgehead atoms. The first-order chi connectivity index (χ1) is 11.1. The number of rotatable bonds is 11. The third kappa shape index (κ3) is 8.53. The number of carbonyl (C=O) groups excluding carboxylic acids is 1. The summed E-state index contributed by atoms with van der Waals surface area (Å²) in [5.74, 6) is 0.0219. The van der Waals surface area contributed by atoms with Gasteiger partial charge in [-0.05, 0) is 18.8 Å². The zero-order valence-corrected chi connectivity index (χ0v) is 14.2. The molecule has 0 spiro atoms. The van der Waals surface area contributed by atoms with Crippen molar-refractivity contribution in [3.05, 3.63) is 36.5 Å². The highest BCUT2D eigenvalue weighted by Gasteiger charge is 2.31. The van der Waals surface area contributed by atoms with Crippen LogP contribution in [0.4, 0.5) is 0 Å². The molecule has 1 rings (SSSR count). The number of unbranched alkanes of at least 4 members (excludes halogenated alkanes) is 5. The van der Waals surface area contributed by atoms with Crippen LogP contribution < -0.4 is 0 Å². The predicted octanol–water partition coefficient (Wildman–Crippen LogP) is 5.09. The molecule has 0 heterocycles. The van der Waals surface area contributed by atoms with Crippen LogP contribution in [0.25, 0.3) is 0 Å². The predicted molar refractivity (Wildman–Crippen MR) is 94.3 cm³/mol. The molecule has 128 valence electrons. The van der Waals surface area contributed by atoms with Crippen molar-refractivity contribution >= 4 is 11.8 Å². The molecule has 2 atom stereocenters. The average Bonchev–Trinajstić information content (AvgIpc) is 2.86. The summed E-state index contributed by atoms with van der Waals surface area (Å²) in [5.41, 5.74) is 0. The van der Waals surface area contributed by atoms with E-state index in [1.807, 2.05) is 12.2 Å². The lowest BCUT2D eigenvalue weighted by atomic mass is 9.89. The van der Waals surface area contributed by atoms with E-state index in [2.05, 4.69) is 13.0 Å². The fraction of sp³-hybridized carbons (Fsp3) is 0.600. The number of carboxylic acid groups (broad SMARTS) is 1. The van der Waals surface area contributed by atoms with E-state index in [0.29, 0.717) is 18.1 Å². The SMILES string of the molecule is CCCCCCCC[C@H]1C(=O)CC[C@@H]1C=CC=CC=CC(=O)O. The third-order valence-electron chi connectivity index (χ3n) is 4.45. The molecule has 1 aliphatic rings. The van der Waals surface area contributed by atoms with Crippen LogP contribution in [0, 0.1) is 11.8 Å². The molecule has 0 aliphatic heterocycles. The maximum Gasteiger partial charge on any atom is 0.328 e. The smallest absolute Gasteiger partial charge is 0.328 e. The van der Waals surface area contributed by atoms with Gasteiger partial charge in [-0.2, -0.15) is 0 Å². The quantitative estimate of drug-likeness (QED) is 0.328. The highest BCUT2D eigenvalue weighted by atomic mass is 16.4. The Kier molecular flexibility index (Phi) is 10.0. The molecule has 0 saturated heterocycles. The molecule has 1 N–H and O–H groups in total. The zero-order chi connectivity index (χ0) is 16.9. The first-order valence-electron chi connectivity index (χ1n) is 8.92. The molecule has 0 radical (unpaired) electrons. The fourth-order valence-electron chi connectivity index (χ4n) is 3.16. The van der Waals surface area contributed by atoms with E-state index in [9.17, 15) is 9.59 Å². The van der Waals surface area contributed by atoms with Gasteiger partial charge in [0.05, 0.1) is 0 Å². The van der Waals surface area contributed by atoms with Crippen molar-refractivity contribution in [1.82, 2.24) is 0 Å². The number of allylic oxidation sites excluding steroid dienone is 5. The van der Waals surface area contributed by atoms with Crippen molar-refractivity contribution in [2.45, 2.75) is 64.7 Å². The largest absolute Gasteiger partial charge is 0.478 e.